The molecule has 0 bridgehead atoms. The number of rotatable bonds is 3. The third-order valence-corrected chi connectivity index (χ3v) is 3.35. The normalized spacial score (nSPS) is 11.3. The van der Waals surface area contributed by atoms with E-state index in [2.05, 4.69) is 84.3 Å². The number of fused-ring (bicyclic) bond motifs is 1. The molecule has 2 aromatic heterocycles. The zero-order valence-corrected chi connectivity index (χ0v) is 11.4. The minimum Gasteiger partial charge on any atom is -0.323 e. The van der Waals surface area contributed by atoms with E-state index in [0.29, 0.717) is 0 Å². The van der Waals surface area contributed by atoms with Crippen LogP contribution < -0.4 is 0 Å². The first kappa shape index (κ1) is 12.0. The number of pyridine rings is 1. The van der Waals surface area contributed by atoms with E-state index in [9.17, 15) is 0 Å². The van der Waals surface area contributed by atoms with Crippen molar-refractivity contribution in [3.8, 4) is 11.1 Å². The Morgan fingerprint density at radius 1 is 0.947 bits per heavy atom. The number of hydrogen-bond acceptors (Lipinski definition) is 1. The Bertz CT molecular complexity index is 681. The van der Waals surface area contributed by atoms with E-state index in [4.69, 9.17) is 0 Å². The average molecular weight is 250 g/mol. The summed E-state index contributed by atoms with van der Waals surface area (Å²) in [5.74, 6) is 0. The Labute approximate surface area is 113 Å². The van der Waals surface area contributed by atoms with Crippen LogP contribution in [0.2, 0.25) is 0 Å². The Kier molecular flexibility index (Phi) is 3.10. The highest BCUT2D eigenvalue weighted by Gasteiger charge is 2.12. The van der Waals surface area contributed by atoms with Gasteiger partial charge < -0.3 is 9.30 Å². The average Bonchev–Trinajstić information content (AvgIpc) is 2.78. The van der Waals surface area contributed by atoms with Gasteiger partial charge in [0.2, 0.25) is 0 Å². The van der Waals surface area contributed by atoms with Crippen molar-refractivity contribution in [1.82, 2.24) is 9.30 Å². The van der Waals surface area contributed by atoms with Crippen molar-refractivity contribution in [3.63, 3.8) is 0 Å². The van der Waals surface area contributed by atoms with E-state index in [1.54, 1.807) is 0 Å². The maximum absolute atomic E-state index is 2.23. The van der Waals surface area contributed by atoms with E-state index in [1.807, 2.05) is 0 Å². The lowest BCUT2D eigenvalue weighted by Crippen LogP contribution is -2.11. The molecule has 2 nitrogen and oxygen atoms in total. The largest absolute Gasteiger partial charge is 0.323 e. The molecule has 2 heterocycles. The van der Waals surface area contributed by atoms with Crippen LogP contribution >= 0.6 is 0 Å². The molecule has 0 radical (unpaired) electrons. The molecule has 0 fully saturated rings. The summed E-state index contributed by atoms with van der Waals surface area (Å²) in [5, 5.41) is 0. The van der Waals surface area contributed by atoms with Gasteiger partial charge in [0.25, 0.3) is 0 Å². The topological polar surface area (TPSA) is 7.65 Å². The van der Waals surface area contributed by atoms with Crippen molar-refractivity contribution in [2.75, 3.05) is 14.1 Å². The summed E-state index contributed by atoms with van der Waals surface area (Å²) in [7, 11) is 4.22. The van der Waals surface area contributed by atoms with E-state index in [1.165, 1.54) is 22.2 Å². The number of benzene rings is 1. The number of aromatic nitrogens is 1. The van der Waals surface area contributed by atoms with Crippen LogP contribution in [0.15, 0.2) is 60.9 Å². The second kappa shape index (κ2) is 4.90. The highest BCUT2D eigenvalue weighted by Crippen LogP contribution is 2.29. The second-order valence-corrected chi connectivity index (χ2v) is 5.12. The lowest BCUT2D eigenvalue weighted by atomic mass is 10.0. The fourth-order valence-corrected chi connectivity index (χ4v) is 2.53. The van der Waals surface area contributed by atoms with Crippen LogP contribution in [-0.2, 0) is 6.54 Å². The van der Waals surface area contributed by atoms with Crippen LogP contribution in [0.5, 0.6) is 0 Å². The van der Waals surface area contributed by atoms with Crippen LogP contribution in [0.25, 0.3) is 16.6 Å². The molecular weight excluding hydrogens is 232 g/mol. The molecule has 0 saturated heterocycles. The maximum atomic E-state index is 2.23. The lowest BCUT2D eigenvalue weighted by molar-refractivity contribution is 0.404. The molecule has 0 aliphatic rings. The molecule has 3 aromatic rings. The summed E-state index contributed by atoms with van der Waals surface area (Å²) in [6, 6.07) is 17.0. The first-order valence-corrected chi connectivity index (χ1v) is 6.54. The summed E-state index contributed by atoms with van der Waals surface area (Å²) in [6.07, 6.45) is 4.34. The standard InChI is InChI=1S/C17H18N2/c1-18(2)12-16-15(14-8-4-3-5-9-14)13-19-11-7-6-10-17(16)19/h3-11,13H,12H2,1-2H3. The van der Waals surface area contributed by atoms with Gasteiger partial charge in [-0.2, -0.15) is 0 Å². The fraction of sp³-hybridized carbons (Fsp3) is 0.176. The zero-order valence-electron chi connectivity index (χ0n) is 11.4. The fourth-order valence-electron chi connectivity index (χ4n) is 2.53. The van der Waals surface area contributed by atoms with Gasteiger partial charge in [-0.25, -0.2) is 0 Å². The van der Waals surface area contributed by atoms with Crippen LogP contribution in [0, 0.1) is 0 Å². The molecule has 0 N–H and O–H groups in total. The summed E-state index contributed by atoms with van der Waals surface area (Å²) in [4.78, 5) is 2.22. The third kappa shape index (κ3) is 2.27. The van der Waals surface area contributed by atoms with Crippen molar-refractivity contribution in [3.05, 3.63) is 66.5 Å². The van der Waals surface area contributed by atoms with Crippen LogP contribution in [0.3, 0.4) is 0 Å². The Morgan fingerprint density at radius 3 is 2.42 bits per heavy atom. The van der Waals surface area contributed by atoms with Crippen LogP contribution in [0.1, 0.15) is 5.56 Å². The van der Waals surface area contributed by atoms with Gasteiger partial charge >= 0.3 is 0 Å². The van der Waals surface area contributed by atoms with Crippen molar-refractivity contribution in [1.29, 1.82) is 0 Å². The molecule has 96 valence electrons. The summed E-state index contributed by atoms with van der Waals surface area (Å²) < 4.78 is 2.21. The molecule has 0 amide bonds. The van der Waals surface area contributed by atoms with Crippen molar-refractivity contribution in [2.45, 2.75) is 6.54 Å². The Morgan fingerprint density at radius 2 is 1.68 bits per heavy atom. The quantitative estimate of drug-likeness (QED) is 0.688. The first-order chi connectivity index (χ1) is 9.25. The maximum Gasteiger partial charge on any atom is 0.0501 e. The molecule has 19 heavy (non-hydrogen) atoms. The molecule has 3 rings (SSSR count). The Hall–Kier alpha value is -2.06. The molecular formula is C17H18N2. The molecule has 0 unspecified atom stereocenters. The Balaban J connectivity index is 2.23. The van der Waals surface area contributed by atoms with Crippen molar-refractivity contribution in [2.24, 2.45) is 0 Å². The van der Waals surface area contributed by atoms with E-state index < -0.39 is 0 Å². The highest BCUT2D eigenvalue weighted by atomic mass is 15.1. The summed E-state index contributed by atoms with van der Waals surface area (Å²) >= 11 is 0. The zero-order chi connectivity index (χ0) is 13.2. The minimum absolute atomic E-state index is 0.949. The predicted octanol–water partition coefficient (Wildman–Crippen LogP) is 3.67. The van der Waals surface area contributed by atoms with Gasteiger partial charge in [-0.1, -0.05) is 36.4 Å². The van der Waals surface area contributed by atoms with Gasteiger partial charge in [0.05, 0.1) is 5.52 Å². The number of nitrogens with zero attached hydrogens (tertiary/aromatic N) is 2. The van der Waals surface area contributed by atoms with Gasteiger partial charge in [0.15, 0.2) is 0 Å². The van der Waals surface area contributed by atoms with Gasteiger partial charge in [-0.15, -0.1) is 0 Å². The second-order valence-electron chi connectivity index (χ2n) is 5.12. The van der Waals surface area contributed by atoms with Gasteiger partial charge in [0, 0.05) is 24.5 Å². The van der Waals surface area contributed by atoms with Crippen molar-refractivity contribution >= 4 is 5.52 Å². The van der Waals surface area contributed by atoms with E-state index in [-0.39, 0.29) is 0 Å². The first-order valence-electron chi connectivity index (χ1n) is 6.54. The molecule has 0 atom stereocenters. The van der Waals surface area contributed by atoms with Gasteiger partial charge in [-0.3, -0.25) is 0 Å². The summed E-state index contributed by atoms with van der Waals surface area (Å²) in [5.41, 5.74) is 5.27. The molecule has 0 aliphatic carbocycles. The predicted molar refractivity (Wildman–Crippen MR) is 80.2 cm³/mol. The summed E-state index contributed by atoms with van der Waals surface area (Å²) in [6.45, 7) is 0.949. The number of hydrogen-bond donors (Lipinski definition) is 0. The van der Waals surface area contributed by atoms with Crippen LogP contribution in [0.4, 0.5) is 0 Å². The smallest absolute Gasteiger partial charge is 0.0501 e. The monoisotopic (exact) mass is 250 g/mol. The molecule has 1 aromatic carbocycles. The third-order valence-electron chi connectivity index (χ3n) is 3.35. The molecule has 0 spiro atoms. The van der Waals surface area contributed by atoms with Gasteiger partial charge in [0.1, 0.15) is 0 Å². The minimum atomic E-state index is 0.949. The van der Waals surface area contributed by atoms with Crippen LogP contribution in [-0.4, -0.2) is 23.4 Å². The van der Waals surface area contributed by atoms with E-state index in [0.717, 1.165) is 6.54 Å². The lowest BCUT2D eigenvalue weighted by Gasteiger charge is -2.11. The van der Waals surface area contributed by atoms with E-state index >= 15 is 0 Å². The van der Waals surface area contributed by atoms with Gasteiger partial charge in [-0.05, 0) is 37.4 Å². The SMILES string of the molecule is CN(C)Cc1c(-c2ccccc2)cn2ccccc12. The van der Waals surface area contributed by atoms with Crippen molar-refractivity contribution < 1.29 is 0 Å². The molecule has 0 aliphatic heterocycles. The molecule has 2 heteroatoms. The highest BCUT2D eigenvalue weighted by molar-refractivity contribution is 5.76. The molecule has 0 saturated carbocycles.